The Morgan fingerprint density at radius 3 is 2.36 bits per heavy atom. The maximum Gasteiger partial charge on any atom is 0.315 e. The monoisotopic (exact) mass is 443 g/mol. The number of Topliss-reactive ketones (excluding diaryl/α,β-unsaturated/α-hetero) is 1. The topological polar surface area (TPSA) is 76.0 Å². The van der Waals surface area contributed by atoms with Crippen LogP contribution in [0.2, 0.25) is 0 Å². The van der Waals surface area contributed by atoms with Crippen molar-refractivity contribution >= 4 is 17.5 Å². The van der Waals surface area contributed by atoms with E-state index in [0.29, 0.717) is 24.1 Å². The van der Waals surface area contributed by atoms with E-state index >= 15 is 0 Å². The standard InChI is InChI=1S/C28H29NO4/c1-17-25(28(32)33-22-9-5-6-10-22)26(19-11-13-21(30)14-12-19)27-23(29-17)15-20(16-24(27)31)18-7-3-2-4-8-18/h2-4,7-8,11-14,20,22,25-26,30H,5-6,9-10,15-16H2,1H3/t20-,25?,26-/m1/s1. The van der Waals surface area contributed by atoms with Crippen molar-refractivity contribution in [1.29, 1.82) is 0 Å². The van der Waals surface area contributed by atoms with Crippen LogP contribution in [0.5, 0.6) is 5.75 Å². The molecule has 1 fully saturated rings. The molecule has 2 aliphatic carbocycles. The van der Waals surface area contributed by atoms with E-state index in [1.54, 1.807) is 24.3 Å². The lowest BCUT2D eigenvalue weighted by Crippen LogP contribution is -2.39. The second-order valence-corrected chi connectivity index (χ2v) is 9.44. The Balaban J connectivity index is 1.54. The van der Waals surface area contributed by atoms with Gasteiger partial charge in [-0.1, -0.05) is 42.5 Å². The van der Waals surface area contributed by atoms with Crippen LogP contribution in [0, 0.1) is 5.92 Å². The van der Waals surface area contributed by atoms with E-state index in [0.717, 1.165) is 42.5 Å². The van der Waals surface area contributed by atoms with Gasteiger partial charge in [0.2, 0.25) is 0 Å². The minimum atomic E-state index is -0.633. The number of nitrogens with zero attached hydrogens (tertiary/aromatic N) is 1. The fourth-order valence-corrected chi connectivity index (χ4v) is 5.61. The predicted octanol–water partition coefficient (Wildman–Crippen LogP) is 5.45. The van der Waals surface area contributed by atoms with E-state index in [1.807, 2.05) is 25.1 Å². The van der Waals surface area contributed by atoms with E-state index in [1.165, 1.54) is 0 Å². The van der Waals surface area contributed by atoms with Crippen LogP contribution in [-0.2, 0) is 14.3 Å². The van der Waals surface area contributed by atoms with Crippen molar-refractivity contribution in [2.45, 2.75) is 63.4 Å². The number of rotatable bonds is 4. The van der Waals surface area contributed by atoms with E-state index < -0.39 is 11.8 Å². The molecule has 0 aromatic heterocycles. The van der Waals surface area contributed by atoms with Gasteiger partial charge in [0, 0.05) is 29.3 Å². The number of hydrogen-bond acceptors (Lipinski definition) is 5. The molecular weight excluding hydrogens is 414 g/mol. The molecule has 0 spiro atoms. The van der Waals surface area contributed by atoms with Crippen LogP contribution in [0.25, 0.3) is 0 Å². The summed E-state index contributed by atoms with van der Waals surface area (Å²) in [6.45, 7) is 1.87. The first-order valence-corrected chi connectivity index (χ1v) is 11.9. The van der Waals surface area contributed by atoms with Gasteiger partial charge in [-0.25, -0.2) is 0 Å². The zero-order valence-electron chi connectivity index (χ0n) is 18.9. The summed E-state index contributed by atoms with van der Waals surface area (Å²) in [5.74, 6) is -1.11. The third kappa shape index (κ3) is 4.24. The molecule has 3 aliphatic rings. The fraction of sp³-hybridized carbons (Fsp3) is 0.393. The third-order valence-corrected chi connectivity index (χ3v) is 7.25. The number of aliphatic imine (C=N–C) groups is 1. The highest BCUT2D eigenvalue weighted by atomic mass is 16.5. The van der Waals surface area contributed by atoms with Gasteiger partial charge in [-0.15, -0.1) is 0 Å². The summed E-state index contributed by atoms with van der Waals surface area (Å²) in [6, 6.07) is 16.9. The van der Waals surface area contributed by atoms with Crippen LogP contribution in [0.3, 0.4) is 0 Å². The zero-order chi connectivity index (χ0) is 22.9. The maximum absolute atomic E-state index is 13.6. The normalized spacial score (nSPS) is 25.5. The summed E-state index contributed by atoms with van der Waals surface area (Å²) < 4.78 is 5.90. The summed E-state index contributed by atoms with van der Waals surface area (Å²) in [7, 11) is 0. The van der Waals surface area contributed by atoms with E-state index in [4.69, 9.17) is 9.73 Å². The lowest BCUT2D eigenvalue weighted by molar-refractivity contribution is -0.151. The van der Waals surface area contributed by atoms with Gasteiger partial charge in [0.15, 0.2) is 5.78 Å². The number of carbonyl (C=O) groups is 2. The summed E-state index contributed by atoms with van der Waals surface area (Å²) in [6.07, 6.45) is 4.95. The number of ketones is 1. The quantitative estimate of drug-likeness (QED) is 0.637. The first-order valence-electron chi connectivity index (χ1n) is 11.9. The first kappa shape index (κ1) is 21.6. The van der Waals surface area contributed by atoms with Crippen molar-refractivity contribution < 1.29 is 19.4 Å². The number of phenols is 1. The summed E-state index contributed by atoms with van der Waals surface area (Å²) >= 11 is 0. The summed E-state index contributed by atoms with van der Waals surface area (Å²) in [5, 5.41) is 9.82. The van der Waals surface area contributed by atoms with Gasteiger partial charge >= 0.3 is 5.97 Å². The molecule has 3 atom stereocenters. The molecule has 5 heteroatoms. The van der Waals surface area contributed by atoms with Crippen LogP contribution < -0.4 is 0 Å². The molecule has 33 heavy (non-hydrogen) atoms. The molecule has 1 heterocycles. The Bertz CT molecular complexity index is 1110. The zero-order valence-corrected chi connectivity index (χ0v) is 18.9. The molecule has 5 nitrogen and oxygen atoms in total. The third-order valence-electron chi connectivity index (χ3n) is 7.25. The molecule has 1 unspecified atom stereocenters. The van der Waals surface area contributed by atoms with E-state index in [9.17, 15) is 14.7 Å². The van der Waals surface area contributed by atoms with E-state index in [2.05, 4.69) is 12.1 Å². The number of allylic oxidation sites excluding steroid dienone is 2. The van der Waals surface area contributed by atoms with Crippen LogP contribution in [0.1, 0.15) is 68.4 Å². The second-order valence-electron chi connectivity index (χ2n) is 9.44. The Morgan fingerprint density at radius 2 is 1.67 bits per heavy atom. The Hall–Kier alpha value is -3.21. The van der Waals surface area contributed by atoms with Crippen molar-refractivity contribution in [2.75, 3.05) is 0 Å². The Labute approximate surface area is 194 Å². The molecule has 1 saturated carbocycles. The summed E-state index contributed by atoms with van der Waals surface area (Å²) in [5.41, 5.74) is 4.06. The largest absolute Gasteiger partial charge is 0.508 e. The molecule has 1 aliphatic heterocycles. The molecule has 1 N–H and O–H groups in total. The SMILES string of the molecule is CC1=NC2=C(C(=O)C[C@H](c3ccccc3)C2)[C@H](c2ccc(O)cc2)C1C(=O)OC1CCCC1. The highest BCUT2D eigenvalue weighted by Gasteiger charge is 2.45. The van der Waals surface area contributed by atoms with Crippen LogP contribution >= 0.6 is 0 Å². The number of esters is 1. The highest BCUT2D eigenvalue weighted by molar-refractivity contribution is 6.09. The van der Waals surface area contributed by atoms with Crippen molar-refractivity contribution in [1.82, 2.24) is 0 Å². The maximum atomic E-state index is 13.6. The number of phenolic OH excluding ortho intramolecular Hbond substituents is 1. The van der Waals surface area contributed by atoms with Gasteiger partial charge in [0.25, 0.3) is 0 Å². The molecule has 0 radical (unpaired) electrons. The van der Waals surface area contributed by atoms with Gasteiger partial charge in [-0.3, -0.25) is 14.6 Å². The highest BCUT2D eigenvalue weighted by Crippen LogP contribution is 2.47. The van der Waals surface area contributed by atoms with Crippen molar-refractivity contribution in [3.8, 4) is 5.75 Å². The van der Waals surface area contributed by atoms with Crippen molar-refractivity contribution in [3.05, 3.63) is 77.0 Å². The minimum Gasteiger partial charge on any atom is -0.508 e. The number of ether oxygens (including phenoxy) is 1. The van der Waals surface area contributed by atoms with Crippen LogP contribution in [-0.4, -0.2) is 28.7 Å². The van der Waals surface area contributed by atoms with Gasteiger partial charge in [-0.05, 0) is 68.2 Å². The minimum absolute atomic E-state index is 0.0399. The van der Waals surface area contributed by atoms with Crippen molar-refractivity contribution in [3.63, 3.8) is 0 Å². The number of hydrogen-bond donors (Lipinski definition) is 1. The van der Waals surface area contributed by atoms with Gasteiger partial charge < -0.3 is 9.84 Å². The molecular formula is C28H29NO4. The molecule has 2 aromatic carbocycles. The Kier molecular flexibility index (Phi) is 5.88. The second kappa shape index (κ2) is 8.97. The lowest BCUT2D eigenvalue weighted by Gasteiger charge is -2.37. The van der Waals surface area contributed by atoms with E-state index in [-0.39, 0.29) is 29.5 Å². The predicted molar refractivity (Wildman–Crippen MR) is 126 cm³/mol. The molecule has 2 aromatic rings. The number of benzene rings is 2. The lowest BCUT2D eigenvalue weighted by atomic mass is 9.69. The number of aromatic hydroxyl groups is 1. The molecule has 0 amide bonds. The fourth-order valence-electron chi connectivity index (χ4n) is 5.61. The molecule has 170 valence electrons. The Morgan fingerprint density at radius 1 is 0.970 bits per heavy atom. The van der Waals surface area contributed by atoms with Crippen LogP contribution in [0.15, 0.2) is 70.9 Å². The molecule has 0 saturated heterocycles. The van der Waals surface area contributed by atoms with Crippen LogP contribution in [0.4, 0.5) is 0 Å². The first-order chi connectivity index (χ1) is 16.0. The molecule has 0 bridgehead atoms. The average molecular weight is 444 g/mol. The van der Waals surface area contributed by atoms with Gasteiger partial charge in [-0.2, -0.15) is 0 Å². The van der Waals surface area contributed by atoms with Gasteiger partial charge in [0.1, 0.15) is 17.8 Å². The summed E-state index contributed by atoms with van der Waals surface area (Å²) in [4.78, 5) is 31.8. The van der Waals surface area contributed by atoms with Gasteiger partial charge in [0.05, 0.1) is 0 Å². The smallest absolute Gasteiger partial charge is 0.315 e. The number of carbonyl (C=O) groups excluding carboxylic acids is 2. The average Bonchev–Trinajstić information content (AvgIpc) is 3.32. The van der Waals surface area contributed by atoms with Crippen molar-refractivity contribution in [2.24, 2.45) is 10.9 Å². The molecule has 5 rings (SSSR count).